The van der Waals surface area contributed by atoms with Gasteiger partial charge >= 0.3 is 12.1 Å². The highest BCUT2D eigenvalue weighted by molar-refractivity contribution is 5.87. The third-order valence-electron chi connectivity index (χ3n) is 4.18. The van der Waals surface area contributed by atoms with Crippen LogP contribution in [0.3, 0.4) is 0 Å². The fourth-order valence-electron chi connectivity index (χ4n) is 3.45. The number of rotatable bonds is 2. The highest BCUT2D eigenvalue weighted by Crippen LogP contribution is 2.61. The molecule has 94 valence electrons. The average molecular weight is 244 g/mol. The number of alkyl halides is 2. The van der Waals surface area contributed by atoms with E-state index in [4.69, 9.17) is 9.47 Å². The van der Waals surface area contributed by atoms with Crippen molar-refractivity contribution in [2.45, 2.75) is 38.1 Å². The van der Waals surface area contributed by atoms with Crippen LogP contribution in [0.2, 0.25) is 0 Å². The van der Waals surface area contributed by atoms with Gasteiger partial charge in [0.2, 0.25) is 0 Å². The smallest absolute Gasteiger partial charge is 0.359 e. The summed E-state index contributed by atoms with van der Waals surface area (Å²) in [6.07, 6.45) is -3.12. The first-order valence-corrected chi connectivity index (χ1v) is 5.82. The molecule has 2 bridgehead atoms. The molecule has 1 aliphatic heterocycles. The summed E-state index contributed by atoms with van der Waals surface area (Å²) in [5.41, 5.74) is 0.286. The molecule has 3 rings (SSSR count). The quantitative estimate of drug-likeness (QED) is 0.551. The molecule has 0 aromatic carbocycles. The van der Waals surface area contributed by atoms with Gasteiger partial charge in [0.05, 0.1) is 5.92 Å². The summed E-state index contributed by atoms with van der Waals surface area (Å²) in [6.45, 7) is 5.03. The molecule has 3 aliphatic rings. The van der Waals surface area contributed by atoms with Gasteiger partial charge in [0.15, 0.2) is 0 Å². The van der Waals surface area contributed by atoms with Crippen molar-refractivity contribution in [3.05, 3.63) is 12.2 Å². The number of carbonyl (C=O) groups excluding carboxylic acids is 1. The van der Waals surface area contributed by atoms with Gasteiger partial charge in [0, 0.05) is 11.5 Å². The Morgan fingerprint density at radius 2 is 2.18 bits per heavy atom. The zero-order valence-corrected chi connectivity index (χ0v) is 9.49. The molecule has 2 saturated carbocycles. The Hall–Kier alpha value is -0.970. The van der Waals surface area contributed by atoms with E-state index in [1.807, 2.05) is 0 Å². The molecule has 0 radical (unpaired) electrons. The molecule has 3 fully saturated rings. The summed E-state index contributed by atoms with van der Waals surface area (Å²) in [4.78, 5) is 11.4. The molecular formula is C12H14F2O3. The maximum Gasteiger partial charge on any atom is 0.359 e. The standard InChI is InChI=1S/C12H14F2O3/c1-5(2)11(15)16-9-6-3-7-8(4-6)12(13,14)17-10(7)9/h6-10H,1,3-4H2,2H3. The Bertz CT molecular complexity index is 393. The molecular weight excluding hydrogens is 230 g/mol. The number of carbonyl (C=O) groups is 1. The molecule has 5 heteroatoms. The Kier molecular flexibility index (Phi) is 2.15. The minimum absolute atomic E-state index is 0.0201. The molecule has 0 aromatic rings. The van der Waals surface area contributed by atoms with Crippen molar-refractivity contribution < 1.29 is 23.0 Å². The van der Waals surface area contributed by atoms with Crippen molar-refractivity contribution in [3.63, 3.8) is 0 Å². The number of ether oxygens (including phenoxy) is 2. The van der Waals surface area contributed by atoms with Crippen molar-refractivity contribution in [3.8, 4) is 0 Å². The number of hydrogen-bond donors (Lipinski definition) is 0. The summed E-state index contributed by atoms with van der Waals surface area (Å²) < 4.78 is 36.9. The van der Waals surface area contributed by atoms with Crippen LogP contribution in [0.4, 0.5) is 8.78 Å². The topological polar surface area (TPSA) is 35.5 Å². The summed E-state index contributed by atoms with van der Waals surface area (Å²) in [7, 11) is 0. The fourth-order valence-corrected chi connectivity index (χ4v) is 3.45. The van der Waals surface area contributed by atoms with Gasteiger partial charge in [-0.1, -0.05) is 6.58 Å². The third kappa shape index (κ3) is 1.44. The van der Waals surface area contributed by atoms with Crippen LogP contribution in [0.5, 0.6) is 0 Å². The highest BCUT2D eigenvalue weighted by atomic mass is 19.3. The average Bonchev–Trinajstić information content (AvgIpc) is 2.81. The number of halogens is 2. The first-order chi connectivity index (χ1) is 7.90. The molecule has 1 heterocycles. The normalized spacial score (nSPS) is 45.0. The van der Waals surface area contributed by atoms with Gasteiger partial charge in [-0.2, -0.15) is 8.78 Å². The third-order valence-corrected chi connectivity index (χ3v) is 4.18. The molecule has 17 heavy (non-hydrogen) atoms. The second-order valence-corrected chi connectivity index (χ2v) is 5.30. The number of esters is 1. The second-order valence-electron chi connectivity index (χ2n) is 5.30. The molecule has 2 aliphatic carbocycles. The minimum atomic E-state index is -3.05. The maximum absolute atomic E-state index is 13.5. The SMILES string of the molecule is C=C(C)C(=O)OC1C2CC3C1OC(F)(F)C3C2. The summed E-state index contributed by atoms with van der Waals surface area (Å²) in [6, 6.07) is 0. The van der Waals surface area contributed by atoms with E-state index in [0.29, 0.717) is 12.8 Å². The van der Waals surface area contributed by atoms with Gasteiger partial charge in [0.1, 0.15) is 12.2 Å². The molecule has 0 N–H and O–H groups in total. The van der Waals surface area contributed by atoms with Crippen LogP contribution in [0.15, 0.2) is 12.2 Å². The zero-order valence-electron chi connectivity index (χ0n) is 9.49. The van der Waals surface area contributed by atoms with E-state index < -0.39 is 30.2 Å². The van der Waals surface area contributed by atoms with E-state index >= 15 is 0 Å². The van der Waals surface area contributed by atoms with Crippen molar-refractivity contribution in [2.75, 3.05) is 0 Å². The van der Waals surface area contributed by atoms with Crippen molar-refractivity contribution in [1.29, 1.82) is 0 Å². The minimum Gasteiger partial charge on any atom is -0.456 e. The van der Waals surface area contributed by atoms with E-state index in [0.717, 1.165) is 0 Å². The first kappa shape index (κ1) is 11.1. The largest absolute Gasteiger partial charge is 0.456 e. The highest BCUT2D eigenvalue weighted by Gasteiger charge is 2.69. The number of fused-ring (bicyclic) bond motifs is 1. The van der Waals surface area contributed by atoms with Crippen LogP contribution in [0, 0.1) is 17.8 Å². The molecule has 0 aromatic heterocycles. The lowest BCUT2D eigenvalue weighted by atomic mass is 9.87. The first-order valence-electron chi connectivity index (χ1n) is 5.82. The van der Waals surface area contributed by atoms with Crippen LogP contribution in [0.1, 0.15) is 19.8 Å². The molecule has 0 spiro atoms. The van der Waals surface area contributed by atoms with Crippen molar-refractivity contribution in [2.24, 2.45) is 17.8 Å². The Balaban J connectivity index is 1.78. The number of hydrogen-bond acceptors (Lipinski definition) is 3. The van der Waals surface area contributed by atoms with E-state index in [-0.39, 0.29) is 17.4 Å². The van der Waals surface area contributed by atoms with Gasteiger partial charge in [-0.3, -0.25) is 0 Å². The monoisotopic (exact) mass is 244 g/mol. The van der Waals surface area contributed by atoms with E-state index in [1.54, 1.807) is 6.92 Å². The van der Waals surface area contributed by atoms with Gasteiger partial charge in [-0.15, -0.1) is 0 Å². The van der Waals surface area contributed by atoms with Gasteiger partial charge < -0.3 is 9.47 Å². The van der Waals surface area contributed by atoms with Crippen molar-refractivity contribution >= 4 is 5.97 Å². The molecule has 5 atom stereocenters. The molecule has 3 nitrogen and oxygen atoms in total. The molecule has 1 saturated heterocycles. The fraction of sp³-hybridized carbons (Fsp3) is 0.750. The molecule has 5 unspecified atom stereocenters. The summed E-state index contributed by atoms with van der Waals surface area (Å²) >= 11 is 0. The van der Waals surface area contributed by atoms with E-state index in [1.165, 1.54) is 0 Å². The predicted molar refractivity (Wildman–Crippen MR) is 54.2 cm³/mol. The van der Waals surface area contributed by atoms with Crippen LogP contribution >= 0.6 is 0 Å². The summed E-state index contributed by atoms with van der Waals surface area (Å²) in [5, 5.41) is 0. The van der Waals surface area contributed by atoms with E-state index in [9.17, 15) is 13.6 Å². The molecule has 0 amide bonds. The zero-order chi connectivity index (χ0) is 12.4. The summed E-state index contributed by atoms with van der Waals surface area (Å²) in [5.74, 6) is -1.33. The lowest BCUT2D eigenvalue weighted by Crippen LogP contribution is -2.36. The lowest BCUT2D eigenvalue weighted by Gasteiger charge is -2.25. The maximum atomic E-state index is 13.5. The van der Waals surface area contributed by atoms with Gasteiger partial charge in [0.25, 0.3) is 0 Å². The van der Waals surface area contributed by atoms with Crippen LogP contribution < -0.4 is 0 Å². The Labute approximate surface area is 97.8 Å². The van der Waals surface area contributed by atoms with Crippen LogP contribution in [0.25, 0.3) is 0 Å². The predicted octanol–water partition coefficient (Wildman–Crippen LogP) is 2.12. The van der Waals surface area contributed by atoms with Crippen LogP contribution in [-0.2, 0) is 14.3 Å². The Morgan fingerprint density at radius 3 is 2.82 bits per heavy atom. The van der Waals surface area contributed by atoms with Gasteiger partial charge in [-0.25, -0.2) is 4.79 Å². The van der Waals surface area contributed by atoms with E-state index in [2.05, 4.69) is 6.58 Å². The van der Waals surface area contributed by atoms with Crippen LogP contribution in [-0.4, -0.2) is 24.3 Å². The lowest BCUT2D eigenvalue weighted by molar-refractivity contribution is -0.249. The van der Waals surface area contributed by atoms with Crippen molar-refractivity contribution in [1.82, 2.24) is 0 Å². The van der Waals surface area contributed by atoms with Gasteiger partial charge in [-0.05, 0) is 25.7 Å². The Morgan fingerprint density at radius 1 is 1.47 bits per heavy atom. The second kappa shape index (κ2) is 3.28.